The summed E-state index contributed by atoms with van der Waals surface area (Å²) >= 11 is 3.33. The van der Waals surface area contributed by atoms with Crippen molar-refractivity contribution in [3.63, 3.8) is 0 Å². The summed E-state index contributed by atoms with van der Waals surface area (Å²) in [4.78, 5) is 32.9. The number of carbonyl (C=O) groups excluding carboxylic acids is 2. The zero-order valence-corrected chi connectivity index (χ0v) is 31.9. The lowest BCUT2D eigenvalue weighted by molar-refractivity contribution is 0.0977. The molecule has 6 rings (SSSR count). The number of thioether (sulfide) groups is 1. The first-order valence-corrected chi connectivity index (χ1v) is 19.2. The molecule has 0 fully saturated rings. The van der Waals surface area contributed by atoms with E-state index in [2.05, 4.69) is 102 Å². The molecule has 0 aliphatic heterocycles. The Kier molecular flexibility index (Phi) is 10.1. The van der Waals surface area contributed by atoms with E-state index >= 15 is 4.79 Å². The molecule has 1 aliphatic rings. The minimum atomic E-state index is -0.146. The molecule has 0 bridgehead atoms. The quantitative estimate of drug-likeness (QED) is 0.147. The summed E-state index contributed by atoms with van der Waals surface area (Å²) in [5, 5.41) is 7.03. The Morgan fingerprint density at radius 1 is 0.560 bits per heavy atom. The van der Waals surface area contributed by atoms with Gasteiger partial charge in [-0.3, -0.25) is 9.59 Å². The molecule has 256 valence electrons. The number of aryl methyl sites for hydroxylation is 1. The molecule has 1 aliphatic carbocycles. The maximum absolute atomic E-state index is 15.0. The molecular formula is C44H46N2O2S2. The predicted molar refractivity (Wildman–Crippen MR) is 213 cm³/mol. The Hall–Kier alpha value is -4.26. The summed E-state index contributed by atoms with van der Waals surface area (Å²) in [5.74, 6) is 0.696. The van der Waals surface area contributed by atoms with Gasteiger partial charge >= 0.3 is 0 Å². The van der Waals surface area contributed by atoms with Crippen LogP contribution in [0.15, 0.2) is 112 Å². The number of hydrogen-bond acceptors (Lipinski definition) is 6. The van der Waals surface area contributed by atoms with Gasteiger partial charge in [0.2, 0.25) is 0 Å². The Bertz CT molecular complexity index is 2070. The second-order valence-electron chi connectivity index (χ2n) is 14.8. The van der Waals surface area contributed by atoms with Gasteiger partial charge in [-0.15, -0.1) is 11.8 Å². The molecule has 50 heavy (non-hydrogen) atoms. The third-order valence-corrected chi connectivity index (χ3v) is 11.1. The van der Waals surface area contributed by atoms with Crippen LogP contribution in [0.3, 0.4) is 0 Å². The standard InChI is InChI=1S/C44H46N2O2S2/c1-9-27-14-25-36(50-33-13-11-12-32(26-33)49-10-2)40-37(27)41(47)38-34(45-30-19-15-28(16-20-30)43(3,4)5)23-24-35(39(38)42(40)48)46-31-21-17-29(18-22-31)44(6,7)8/h11-26,45-46H,9-10H2,1-8H3. The van der Waals surface area contributed by atoms with Crippen LogP contribution in [0.5, 0.6) is 0 Å². The molecule has 0 spiro atoms. The fraction of sp³-hybridized carbons (Fsp3) is 0.273. The summed E-state index contributed by atoms with van der Waals surface area (Å²) in [6.07, 6.45) is 0.638. The van der Waals surface area contributed by atoms with Crippen LogP contribution < -0.4 is 10.6 Å². The normalized spacial score (nSPS) is 12.8. The average Bonchev–Trinajstić information content (AvgIpc) is 3.07. The minimum Gasteiger partial charge on any atom is -0.355 e. The summed E-state index contributed by atoms with van der Waals surface area (Å²) in [6.45, 7) is 17.3. The number of anilines is 4. The second-order valence-corrected chi connectivity index (χ2v) is 17.3. The van der Waals surface area contributed by atoms with Crippen molar-refractivity contribution in [3.05, 3.63) is 136 Å². The van der Waals surface area contributed by atoms with E-state index in [0.717, 1.165) is 32.5 Å². The van der Waals surface area contributed by atoms with Gasteiger partial charge in [0.15, 0.2) is 11.6 Å². The third-order valence-electron chi connectivity index (χ3n) is 9.15. The van der Waals surface area contributed by atoms with Gasteiger partial charge in [0, 0.05) is 37.2 Å². The largest absolute Gasteiger partial charge is 0.355 e. The smallest absolute Gasteiger partial charge is 0.197 e. The fourth-order valence-corrected chi connectivity index (χ4v) is 8.18. The number of rotatable bonds is 9. The van der Waals surface area contributed by atoms with Crippen LogP contribution in [0, 0.1) is 0 Å². The second kappa shape index (κ2) is 14.2. The molecule has 0 saturated heterocycles. The van der Waals surface area contributed by atoms with Crippen molar-refractivity contribution in [1.29, 1.82) is 0 Å². The fourth-order valence-electron chi connectivity index (χ4n) is 6.36. The van der Waals surface area contributed by atoms with Crippen molar-refractivity contribution >= 4 is 57.8 Å². The highest BCUT2D eigenvalue weighted by Crippen LogP contribution is 2.44. The number of benzene rings is 5. The zero-order valence-electron chi connectivity index (χ0n) is 30.3. The van der Waals surface area contributed by atoms with Gasteiger partial charge < -0.3 is 10.6 Å². The van der Waals surface area contributed by atoms with Crippen LogP contribution in [-0.4, -0.2) is 17.3 Å². The predicted octanol–water partition coefficient (Wildman–Crippen LogP) is 12.4. The molecule has 0 amide bonds. The highest BCUT2D eigenvalue weighted by atomic mass is 32.2. The molecule has 5 aromatic carbocycles. The van der Waals surface area contributed by atoms with Crippen LogP contribution in [0.1, 0.15) is 104 Å². The van der Waals surface area contributed by atoms with Crippen molar-refractivity contribution in [2.24, 2.45) is 0 Å². The Labute approximate surface area is 305 Å². The Morgan fingerprint density at radius 2 is 1.06 bits per heavy atom. The molecule has 0 aromatic heterocycles. The van der Waals surface area contributed by atoms with E-state index in [-0.39, 0.29) is 22.4 Å². The van der Waals surface area contributed by atoms with E-state index in [9.17, 15) is 4.79 Å². The third kappa shape index (κ3) is 7.28. The molecule has 0 atom stereocenters. The van der Waals surface area contributed by atoms with Gasteiger partial charge in [-0.05, 0) is 100 Å². The topological polar surface area (TPSA) is 58.2 Å². The van der Waals surface area contributed by atoms with Gasteiger partial charge in [0.25, 0.3) is 0 Å². The van der Waals surface area contributed by atoms with E-state index in [1.807, 2.05) is 61.5 Å². The lowest BCUT2D eigenvalue weighted by Crippen LogP contribution is -2.25. The Morgan fingerprint density at radius 3 is 1.54 bits per heavy atom. The van der Waals surface area contributed by atoms with Crippen LogP contribution in [0.2, 0.25) is 0 Å². The number of fused-ring (bicyclic) bond motifs is 2. The molecule has 0 radical (unpaired) electrons. The molecular weight excluding hydrogens is 653 g/mol. The van der Waals surface area contributed by atoms with Gasteiger partial charge in [-0.2, -0.15) is 0 Å². The molecule has 0 heterocycles. The minimum absolute atomic E-state index is 0.0159. The van der Waals surface area contributed by atoms with Crippen molar-refractivity contribution in [2.45, 2.75) is 87.3 Å². The number of carbonyl (C=O) groups is 2. The summed E-state index contributed by atoms with van der Waals surface area (Å²) in [5.41, 5.74) is 8.07. The number of hydrogen-bond donors (Lipinski definition) is 2. The molecule has 4 nitrogen and oxygen atoms in total. The van der Waals surface area contributed by atoms with Crippen molar-refractivity contribution in [1.82, 2.24) is 0 Å². The lowest BCUT2D eigenvalue weighted by atomic mass is 9.79. The van der Waals surface area contributed by atoms with Crippen LogP contribution in [0.4, 0.5) is 22.7 Å². The van der Waals surface area contributed by atoms with Crippen LogP contribution >= 0.6 is 23.5 Å². The molecule has 0 unspecified atom stereocenters. The maximum atomic E-state index is 15.0. The van der Waals surface area contributed by atoms with Crippen LogP contribution in [-0.2, 0) is 17.3 Å². The van der Waals surface area contributed by atoms with Crippen molar-refractivity contribution < 1.29 is 9.59 Å². The van der Waals surface area contributed by atoms with Gasteiger partial charge in [0.05, 0.1) is 22.5 Å². The molecule has 2 N–H and O–H groups in total. The van der Waals surface area contributed by atoms with E-state index in [0.29, 0.717) is 40.0 Å². The van der Waals surface area contributed by atoms with E-state index in [1.54, 1.807) is 23.5 Å². The highest BCUT2D eigenvalue weighted by molar-refractivity contribution is 8.00. The van der Waals surface area contributed by atoms with Gasteiger partial charge in [-0.1, -0.05) is 104 Å². The zero-order chi connectivity index (χ0) is 35.8. The first-order chi connectivity index (χ1) is 23.8. The Balaban J connectivity index is 1.49. The number of ketones is 2. The highest BCUT2D eigenvalue weighted by Gasteiger charge is 2.37. The summed E-state index contributed by atoms with van der Waals surface area (Å²) in [6, 6.07) is 32.8. The summed E-state index contributed by atoms with van der Waals surface area (Å²) < 4.78 is 0. The van der Waals surface area contributed by atoms with E-state index in [4.69, 9.17) is 0 Å². The lowest BCUT2D eigenvalue weighted by Gasteiger charge is -2.27. The maximum Gasteiger partial charge on any atom is 0.197 e. The molecule has 0 saturated carbocycles. The molecule has 5 aromatic rings. The average molecular weight is 699 g/mol. The van der Waals surface area contributed by atoms with Gasteiger partial charge in [-0.25, -0.2) is 0 Å². The van der Waals surface area contributed by atoms with E-state index < -0.39 is 0 Å². The SMILES string of the molecule is CCSc1cccc(Sc2ccc(CC)c3c2C(=O)c2c(Nc4ccc(C(C)(C)C)cc4)ccc(Nc4ccc(C(C)(C)C)cc4)c2C3=O)c1. The first kappa shape index (κ1) is 35.6. The van der Waals surface area contributed by atoms with Gasteiger partial charge in [0.1, 0.15) is 0 Å². The van der Waals surface area contributed by atoms with Crippen LogP contribution in [0.25, 0.3) is 0 Å². The molecule has 6 heteroatoms. The number of nitrogens with one attached hydrogen (secondary N) is 2. The first-order valence-electron chi connectivity index (χ1n) is 17.4. The van der Waals surface area contributed by atoms with Crippen molar-refractivity contribution in [3.8, 4) is 0 Å². The van der Waals surface area contributed by atoms with E-state index in [1.165, 1.54) is 16.0 Å². The monoisotopic (exact) mass is 698 g/mol. The van der Waals surface area contributed by atoms with Crippen molar-refractivity contribution in [2.75, 3.05) is 16.4 Å². The summed E-state index contributed by atoms with van der Waals surface area (Å²) in [7, 11) is 0.